The minimum Gasteiger partial charge on any atom is -0.344 e. The van der Waals surface area contributed by atoms with Crippen molar-refractivity contribution in [2.75, 3.05) is 39.8 Å². The lowest BCUT2D eigenvalue weighted by Crippen LogP contribution is -2.47. The highest BCUT2D eigenvalue weighted by Gasteiger charge is 2.23. The Morgan fingerprint density at radius 2 is 1.89 bits per heavy atom. The molecule has 2 aromatic heterocycles. The van der Waals surface area contributed by atoms with Crippen LogP contribution >= 0.6 is 15.9 Å². The predicted octanol–water partition coefficient (Wildman–Crippen LogP) is 4.37. The zero-order valence-electron chi connectivity index (χ0n) is 20.2. The maximum absolute atomic E-state index is 13.9. The van der Waals surface area contributed by atoms with Gasteiger partial charge in [0.15, 0.2) is 5.65 Å². The van der Waals surface area contributed by atoms with Crippen LogP contribution in [0.2, 0.25) is 0 Å². The zero-order valence-corrected chi connectivity index (χ0v) is 21.8. The van der Waals surface area contributed by atoms with Crippen molar-refractivity contribution in [2.45, 2.75) is 6.04 Å². The first-order valence-corrected chi connectivity index (χ1v) is 12.9. The van der Waals surface area contributed by atoms with Gasteiger partial charge in [0, 0.05) is 54.4 Å². The summed E-state index contributed by atoms with van der Waals surface area (Å²) in [6.07, 6.45) is 3.58. The molecule has 1 aliphatic heterocycles. The molecule has 3 heterocycles. The molecule has 36 heavy (non-hydrogen) atoms. The number of aromatic nitrogens is 3. The van der Waals surface area contributed by atoms with Crippen LogP contribution in [0.3, 0.4) is 0 Å². The summed E-state index contributed by atoms with van der Waals surface area (Å²) < 4.78 is 0.909. The van der Waals surface area contributed by atoms with Crippen molar-refractivity contribution in [2.24, 2.45) is 0 Å². The van der Waals surface area contributed by atoms with E-state index in [-0.39, 0.29) is 11.9 Å². The number of benzene rings is 2. The molecule has 0 radical (unpaired) electrons. The average molecular weight is 545 g/mol. The molecule has 2 N–H and O–H groups in total. The lowest BCUT2D eigenvalue weighted by Gasteiger charge is -2.35. The first kappa shape index (κ1) is 24.4. The van der Waals surface area contributed by atoms with Crippen LogP contribution in [0.4, 0.5) is 0 Å². The van der Waals surface area contributed by atoms with Crippen molar-refractivity contribution in [1.82, 2.24) is 30.3 Å². The Hall–Kier alpha value is -3.33. The Kier molecular flexibility index (Phi) is 7.55. The number of halogens is 1. The number of amides is 1. The van der Waals surface area contributed by atoms with Crippen molar-refractivity contribution in [3.05, 3.63) is 94.2 Å². The number of pyridine rings is 1. The van der Waals surface area contributed by atoms with Crippen LogP contribution in [0.1, 0.15) is 22.9 Å². The van der Waals surface area contributed by atoms with Gasteiger partial charge in [-0.1, -0.05) is 58.4 Å². The first-order valence-electron chi connectivity index (χ1n) is 12.1. The molecule has 5 rings (SSSR count). The van der Waals surface area contributed by atoms with Gasteiger partial charge in [0.05, 0.1) is 11.7 Å². The van der Waals surface area contributed by atoms with E-state index in [0.717, 1.165) is 59.4 Å². The van der Waals surface area contributed by atoms with Gasteiger partial charge in [-0.2, -0.15) is 5.10 Å². The molecule has 7 nitrogen and oxygen atoms in total. The third-order valence-corrected chi connectivity index (χ3v) is 7.07. The lowest BCUT2D eigenvalue weighted by atomic mass is 10.0. The van der Waals surface area contributed by atoms with Gasteiger partial charge in [-0.25, -0.2) is 4.98 Å². The number of rotatable bonds is 7. The van der Waals surface area contributed by atoms with Gasteiger partial charge >= 0.3 is 0 Å². The van der Waals surface area contributed by atoms with E-state index in [1.807, 2.05) is 60.7 Å². The molecule has 1 fully saturated rings. The maximum atomic E-state index is 13.9. The summed E-state index contributed by atoms with van der Waals surface area (Å²) in [7, 11) is 2.15. The van der Waals surface area contributed by atoms with Crippen LogP contribution in [0.15, 0.2) is 77.4 Å². The normalized spacial score (nSPS) is 16.2. The largest absolute Gasteiger partial charge is 0.344 e. The van der Waals surface area contributed by atoms with Crippen LogP contribution in [-0.4, -0.2) is 70.7 Å². The lowest BCUT2D eigenvalue weighted by molar-refractivity contribution is -0.116. The molecule has 1 saturated heterocycles. The summed E-state index contributed by atoms with van der Waals surface area (Å²) >= 11 is 3.56. The third kappa shape index (κ3) is 5.73. The average Bonchev–Trinajstić information content (AvgIpc) is 3.31. The van der Waals surface area contributed by atoms with Crippen molar-refractivity contribution < 1.29 is 4.79 Å². The van der Waals surface area contributed by atoms with Gasteiger partial charge in [0.2, 0.25) is 0 Å². The van der Waals surface area contributed by atoms with E-state index in [4.69, 9.17) is 0 Å². The van der Waals surface area contributed by atoms with Gasteiger partial charge in [0.25, 0.3) is 5.91 Å². The molecule has 0 unspecified atom stereocenters. The van der Waals surface area contributed by atoms with Gasteiger partial charge in [0.1, 0.15) is 0 Å². The number of nitrogens with zero attached hydrogens (tertiary/aromatic N) is 4. The Morgan fingerprint density at radius 3 is 2.67 bits per heavy atom. The Bertz CT molecular complexity index is 1360. The fourth-order valence-corrected chi connectivity index (χ4v) is 4.90. The Labute approximate surface area is 219 Å². The number of H-pyrrole nitrogens is 1. The number of nitrogens with one attached hydrogen (secondary N) is 2. The summed E-state index contributed by atoms with van der Waals surface area (Å²) in [4.78, 5) is 23.0. The van der Waals surface area contributed by atoms with E-state index in [9.17, 15) is 4.79 Å². The van der Waals surface area contributed by atoms with Gasteiger partial charge in [-0.05, 0) is 48.5 Å². The molecular formula is C28H29BrN6O. The van der Waals surface area contributed by atoms with E-state index in [1.54, 1.807) is 6.20 Å². The van der Waals surface area contributed by atoms with E-state index in [0.29, 0.717) is 11.2 Å². The highest BCUT2D eigenvalue weighted by Crippen LogP contribution is 2.26. The number of carbonyl (C=O) groups excluding carboxylic acids is 1. The molecule has 0 spiro atoms. The number of carbonyl (C=O) groups is 1. The smallest absolute Gasteiger partial charge is 0.252 e. The molecule has 8 heteroatoms. The molecular weight excluding hydrogens is 516 g/mol. The summed E-state index contributed by atoms with van der Waals surface area (Å²) in [5, 5.41) is 11.6. The summed E-state index contributed by atoms with van der Waals surface area (Å²) in [6, 6.07) is 21.7. The second-order valence-corrected chi connectivity index (χ2v) is 10.0. The summed E-state index contributed by atoms with van der Waals surface area (Å²) in [5.74, 6) is -0.136. The summed E-state index contributed by atoms with van der Waals surface area (Å²) in [6.45, 7) is 4.78. The minimum absolute atomic E-state index is 0.136. The van der Waals surface area contributed by atoms with E-state index < -0.39 is 0 Å². The number of likely N-dealkylation sites (N-methyl/N-ethyl adjacent to an activating group) is 1. The molecule has 1 atom stereocenters. The quantitative estimate of drug-likeness (QED) is 0.338. The number of piperazine rings is 1. The topological polar surface area (TPSA) is 77.1 Å². The molecule has 0 bridgehead atoms. The molecule has 1 aliphatic rings. The second kappa shape index (κ2) is 11.2. The van der Waals surface area contributed by atoms with Crippen LogP contribution in [0.5, 0.6) is 0 Å². The Morgan fingerprint density at radius 1 is 1.08 bits per heavy atom. The van der Waals surface area contributed by atoms with Gasteiger partial charge < -0.3 is 10.2 Å². The fourth-order valence-electron chi connectivity index (χ4n) is 4.50. The molecule has 0 aliphatic carbocycles. The van der Waals surface area contributed by atoms with Crippen LogP contribution < -0.4 is 5.32 Å². The van der Waals surface area contributed by atoms with Crippen molar-refractivity contribution in [3.8, 4) is 0 Å². The highest BCUT2D eigenvalue weighted by molar-refractivity contribution is 9.10. The maximum Gasteiger partial charge on any atom is 0.252 e. The van der Waals surface area contributed by atoms with Crippen molar-refractivity contribution in [3.63, 3.8) is 0 Å². The summed E-state index contributed by atoms with van der Waals surface area (Å²) in [5.41, 5.74) is 3.84. The molecule has 2 aromatic carbocycles. The number of hydrogen-bond donors (Lipinski definition) is 2. The van der Waals surface area contributed by atoms with Crippen molar-refractivity contribution in [1.29, 1.82) is 0 Å². The monoisotopic (exact) mass is 544 g/mol. The van der Waals surface area contributed by atoms with Crippen molar-refractivity contribution >= 4 is 44.5 Å². The second-order valence-electron chi connectivity index (χ2n) is 9.12. The van der Waals surface area contributed by atoms with E-state index in [2.05, 4.69) is 65.4 Å². The van der Waals surface area contributed by atoms with Gasteiger partial charge in [-0.3, -0.25) is 14.8 Å². The van der Waals surface area contributed by atoms with Crippen LogP contribution in [0, 0.1) is 0 Å². The fraction of sp³-hybridized carbons (Fsp3) is 0.250. The minimum atomic E-state index is -0.141. The van der Waals surface area contributed by atoms with E-state index in [1.165, 1.54) is 0 Å². The van der Waals surface area contributed by atoms with E-state index >= 15 is 0 Å². The molecule has 184 valence electrons. The molecule has 4 aromatic rings. The number of hydrogen-bond acceptors (Lipinski definition) is 5. The Balaban J connectivity index is 1.48. The molecule has 1 amide bonds. The zero-order chi connectivity index (χ0) is 24.9. The third-order valence-electron chi connectivity index (χ3n) is 6.57. The van der Waals surface area contributed by atoms with Crippen LogP contribution in [0.25, 0.3) is 22.7 Å². The molecule has 0 saturated carbocycles. The standard InChI is InChI=1S/C28H29BrN6O/c1-34-13-15-35(16-14-34)19-26(20-7-3-2-4-8-20)31-28(36)24(21-9-5-10-22(29)17-21)18-25-23-11-6-12-30-27(23)33-32-25/h2-12,17-18,26H,13-16,19H2,1H3,(H,31,36)(H,30,32,33)/t26-/m1/s1. The highest BCUT2D eigenvalue weighted by atomic mass is 79.9. The SMILES string of the molecule is CN1CCN(C[C@@H](NC(=O)C(=Cc2[nH]nc3ncccc23)c2cccc(Br)c2)c2ccccc2)CC1. The van der Waals surface area contributed by atoms with Crippen LogP contribution in [-0.2, 0) is 4.79 Å². The first-order chi connectivity index (χ1) is 17.6. The number of aromatic amines is 1. The van der Waals surface area contributed by atoms with Gasteiger partial charge in [-0.15, -0.1) is 0 Å². The predicted molar refractivity (Wildman–Crippen MR) is 147 cm³/mol. The number of fused-ring (bicyclic) bond motifs is 1.